The number of imide groups is 1. The summed E-state index contributed by atoms with van der Waals surface area (Å²) in [7, 11) is 0. The minimum Gasteiger partial charge on any atom is -0.339 e. The summed E-state index contributed by atoms with van der Waals surface area (Å²) in [5.41, 5.74) is 1.28. The lowest BCUT2D eigenvalue weighted by Gasteiger charge is -2.35. The molecule has 0 aromatic heterocycles. The van der Waals surface area contributed by atoms with Crippen LogP contribution in [0.3, 0.4) is 0 Å². The van der Waals surface area contributed by atoms with E-state index < -0.39 is 0 Å². The molecular weight excluding hydrogens is 406 g/mol. The van der Waals surface area contributed by atoms with Crippen LogP contribution in [0.25, 0.3) is 0 Å². The van der Waals surface area contributed by atoms with E-state index >= 15 is 0 Å². The molecule has 0 atom stereocenters. The third kappa shape index (κ3) is 3.80. The Morgan fingerprint density at radius 2 is 1.43 bits per heavy atom. The highest BCUT2D eigenvalue weighted by Gasteiger charge is 2.35. The minimum atomic E-state index is -0.361. The van der Waals surface area contributed by atoms with E-state index in [0.717, 1.165) is 4.90 Å². The van der Waals surface area contributed by atoms with Crippen LogP contribution in [-0.2, 0) is 4.79 Å². The van der Waals surface area contributed by atoms with Crippen molar-refractivity contribution in [1.82, 2.24) is 14.7 Å². The first kappa shape index (κ1) is 20.1. The lowest BCUT2D eigenvalue weighted by Crippen LogP contribution is -2.51. The van der Waals surface area contributed by atoms with Gasteiger partial charge >= 0.3 is 0 Å². The monoisotopic (exact) mass is 425 g/mol. The van der Waals surface area contributed by atoms with Crippen LogP contribution in [-0.4, -0.2) is 71.1 Å². The summed E-state index contributed by atoms with van der Waals surface area (Å²) < 4.78 is 0. The molecule has 0 bridgehead atoms. The highest BCUT2D eigenvalue weighted by atomic mass is 35.5. The number of amides is 4. The van der Waals surface area contributed by atoms with Gasteiger partial charge in [0.15, 0.2) is 0 Å². The third-order valence-electron chi connectivity index (χ3n) is 5.42. The molecule has 8 heteroatoms. The van der Waals surface area contributed by atoms with Crippen molar-refractivity contribution in [2.75, 3.05) is 32.7 Å². The van der Waals surface area contributed by atoms with Gasteiger partial charge in [0.2, 0.25) is 5.91 Å². The summed E-state index contributed by atoms with van der Waals surface area (Å²) in [5, 5.41) is 0.503. The van der Waals surface area contributed by atoms with Crippen molar-refractivity contribution in [2.45, 2.75) is 6.42 Å². The van der Waals surface area contributed by atoms with E-state index in [-0.39, 0.29) is 36.6 Å². The molecule has 0 N–H and O–H groups in total. The van der Waals surface area contributed by atoms with Crippen LogP contribution in [0.1, 0.15) is 37.5 Å². The van der Waals surface area contributed by atoms with Gasteiger partial charge in [-0.1, -0.05) is 29.8 Å². The first-order valence-electron chi connectivity index (χ1n) is 9.73. The quantitative estimate of drug-likeness (QED) is 0.704. The van der Waals surface area contributed by atoms with Gasteiger partial charge in [-0.15, -0.1) is 0 Å². The topological polar surface area (TPSA) is 78.0 Å². The van der Waals surface area contributed by atoms with Crippen LogP contribution < -0.4 is 0 Å². The van der Waals surface area contributed by atoms with Gasteiger partial charge in [-0.3, -0.25) is 24.1 Å². The molecule has 0 spiro atoms. The zero-order chi connectivity index (χ0) is 21.3. The number of halogens is 1. The number of rotatable bonds is 4. The van der Waals surface area contributed by atoms with E-state index in [0.29, 0.717) is 47.9 Å². The van der Waals surface area contributed by atoms with E-state index in [4.69, 9.17) is 11.6 Å². The van der Waals surface area contributed by atoms with Crippen LogP contribution in [0.5, 0.6) is 0 Å². The number of hydrogen-bond acceptors (Lipinski definition) is 4. The number of piperazine rings is 1. The number of carbonyl (C=O) groups is 4. The fourth-order valence-electron chi connectivity index (χ4n) is 3.77. The molecule has 4 rings (SSSR count). The Hall–Kier alpha value is -3.19. The lowest BCUT2D eigenvalue weighted by atomic mass is 10.1. The number of benzene rings is 2. The van der Waals surface area contributed by atoms with Crippen LogP contribution in [0.2, 0.25) is 5.02 Å². The predicted octanol–water partition coefficient (Wildman–Crippen LogP) is 2.31. The number of nitrogens with zero attached hydrogens (tertiary/aromatic N) is 3. The Labute approximate surface area is 178 Å². The van der Waals surface area contributed by atoms with Crippen molar-refractivity contribution in [3.05, 3.63) is 70.2 Å². The largest absolute Gasteiger partial charge is 0.339 e. The zero-order valence-electron chi connectivity index (χ0n) is 16.2. The molecule has 0 unspecified atom stereocenters. The molecule has 7 nitrogen and oxygen atoms in total. The summed E-state index contributed by atoms with van der Waals surface area (Å²) in [5.74, 6) is -0.974. The minimum absolute atomic E-state index is 0.0485. The maximum absolute atomic E-state index is 12.6. The van der Waals surface area contributed by atoms with Crippen LogP contribution in [0.15, 0.2) is 48.5 Å². The molecule has 1 saturated heterocycles. The SMILES string of the molecule is O=C(CCN1C(=O)c2ccccc2C1=O)N1CCN(C(=O)c2cccc(Cl)c2)CC1. The molecule has 2 heterocycles. The van der Waals surface area contributed by atoms with E-state index in [9.17, 15) is 19.2 Å². The van der Waals surface area contributed by atoms with Crippen molar-refractivity contribution in [3.8, 4) is 0 Å². The van der Waals surface area contributed by atoms with Gasteiger partial charge in [-0.25, -0.2) is 0 Å². The van der Waals surface area contributed by atoms with Crippen LogP contribution >= 0.6 is 11.6 Å². The van der Waals surface area contributed by atoms with Crippen molar-refractivity contribution in [1.29, 1.82) is 0 Å². The molecule has 1 fully saturated rings. The Morgan fingerprint density at radius 1 is 0.833 bits per heavy atom. The predicted molar refractivity (Wildman–Crippen MR) is 110 cm³/mol. The summed E-state index contributed by atoms with van der Waals surface area (Å²) in [4.78, 5) is 54.5. The highest BCUT2D eigenvalue weighted by Crippen LogP contribution is 2.22. The Bertz CT molecular complexity index is 996. The van der Waals surface area contributed by atoms with Gasteiger partial charge < -0.3 is 9.80 Å². The van der Waals surface area contributed by atoms with E-state index in [1.165, 1.54) is 0 Å². The molecule has 2 aliphatic heterocycles. The lowest BCUT2D eigenvalue weighted by molar-refractivity contribution is -0.132. The Morgan fingerprint density at radius 3 is 2.03 bits per heavy atom. The fraction of sp³-hybridized carbons (Fsp3) is 0.273. The molecule has 0 radical (unpaired) electrons. The summed E-state index contributed by atoms with van der Waals surface area (Å²) >= 11 is 5.96. The third-order valence-corrected chi connectivity index (χ3v) is 5.65. The van der Waals surface area contributed by atoms with Gasteiger partial charge in [0.25, 0.3) is 17.7 Å². The van der Waals surface area contributed by atoms with Gasteiger partial charge in [-0.2, -0.15) is 0 Å². The molecule has 2 aliphatic rings. The van der Waals surface area contributed by atoms with Gasteiger partial charge in [0.1, 0.15) is 0 Å². The normalized spacial score (nSPS) is 16.1. The second kappa shape index (κ2) is 8.28. The molecule has 30 heavy (non-hydrogen) atoms. The Kier molecular flexibility index (Phi) is 5.55. The molecule has 0 aliphatic carbocycles. The van der Waals surface area contributed by atoms with E-state index in [1.54, 1.807) is 58.3 Å². The standard InChI is InChI=1S/C22H20ClN3O4/c23-16-5-3-4-15(14-16)20(28)25-12-10-24(11-13-25)19(27)8-9-26-21(29)17-6-1-2-7-18(17)22(26)30/h1-7,14H,8-13H2. The average Bonchev–Trinajstić information content (AvgIpc) is 3.01. The molecule has 4 amide bonds. The smallest absolute Gasteiger partial charge is 0.261 e. The molecule has 2 aromatic rings. The summed E-state index contributed by atoms with van der Waals surface area (Å²) in [6.45, 7) is 1.71. The molecular formula is C22H20ClN3O4. The second-order valence-corrected chi connectivity index (χ2v) is 7.68. The highest BCUT2D eigenvalue weighted by molar-refractivity contribution is 6.31. The number of hydrogen-bond donors (Lipinski definition) is 0. The number of fused-ring (bicyclic) bond motifs is 1. The maximum atomic E-state index is 12.6. The van der Waals surface area contributed by atoms with E-state index in [1.807, 2.05) is 0 Å². The van der Waals surface area contributed by atoms with Crippen LogP contribution in [0.4, 0.5) is 0 Å². The van der Waals surface area contributed by atoms with Gasteiger partial charge in [0, 0.05) is 49.7 Å². The average molecular weight is 426 g/mol. The first-order valence-corrected chi connectivity index (χ1v) is 10.1. The van der Waals surface area contributed by atoms with Crippen molar-refractivity contribution in [3.63, 3.8) is 0 Å². The number of carbonyl (C=O) groups excluding carboxylic acids is 4. The van der Waals surface area contributed by atoms with E-state index in [2.05, 4.69) is 0 Å². The zero-order valence-corrected chi connectivity index (χ0v) is 17.0. The van der Waals surface area contributed by atoms with Crippen molar-refractivity contribution < 1.29 is 19.2 Å². The van der Waals surface area contributed by atoms with Gasteiger partial charge in [0.05, 0.1) is 11.1 Å². The maximum Gasteiger partial charge on any atom is 0.261 e. The van der Waals surface area contributed by atoms with Crippen molar-refractivity contribution >= 4 is 35.2 Å². The second-order valence-electron chi connectivity index (χ2n) is 7.24. The van der Waals surface area contributed by atoms with Crippen molar-refractivity contribution in [2.24, 2.45) is 0 Å². The molecule has 0 saturated carbocycles. The first-order chi connectivity index (χ1) is 14.5. The fourth-order valence-corrected chi connectivity index (χ4v) is 3.96. The van der Waals surface area contributed by atoms with Gasteiger partial charge in [-0.05, 0) is 30.3 Å². The molecule has 154 valence electrons. The molecule has 2 aromatic carbocycles. The summed E-state index contributed by atoms with van der Waals surface area (Å²) in [6.07, 6.45) is 0.0632. The van der Waals surface area contributed by atoms with Crippen LogP contribution in [0, 0.1) is 0 Å². The Balaban J connectivity index is 1.30. The summed E-state index contributed by atoms with van der Waals surface area (Å²) in [6, 6.07) is 13.4.